The van der Waals surface area contributed by atoms with Crippen LogP contribution in [0.15, 0.2) is 0 Å². The molecule has 1 fully saturated rings. The van der Waals surface area contributed by atoms with Crippen LogP contribution < -0.4 is 11.1 Å². The SMILES string of the molecule is CC(C)[C@H](N)C(=O)NCCCOCC1CCOC1.Cl. The van der Waals surface area contributed by atoms with Gasteiger partial charge in [0.2, 0.25) is 5.91 Å². The van der Waals surface area contributed by atoms with Gasteiger partial charge in [-0.1, -0.05) is 13.8 Å². The van der Waals surface area contributed by atoms with E-state index in [1.54, 1.807) is 0 Å². The summed E-state index contributed by atoms with van der Waals surface area (Å²) < 4.78 is 10.8. The summed E-state index contributed by atoms with van der Waals surface area (Å²) in [5, 5.41) is 2.82. The van der Waals surface area contributed by atoms with Crippen molar-refractivity contribution in [1.82, 2.24) is 5.32 Å². The summed E-state index contributed by atoms with van der Waals surface area (Å²) in [7, 11) is 0. The number of hydrogen-bond acceptors (Lipinski definition) is 4. The standard InChI is InChI=1S/C13H26N2O3.ClH/c1-10(2)12(14)13(16)15-5-3-6-17-8-11-4-7-18-9-11;/h10-12H,3-9,14H2,1-2H3,(H,15,16);1H/t11?,12-;/m0./s1. The fourth-order valence-electron chi connectivity index (χ4n) is 1.77. The highest BCUT2D eigenvalue weighted by Crippen LogP contribution is 2.12. The third-order valence-electron chi connectivity index (χ3n) is 3.16. The molecular formula is C13H27ClN2O3. The first-order valence-corrected chi connectivity index (χ1v) is 6.80. The molecule has 2 atom stereocenters. The van der Waals surface area contributed by atoms with E-state index in [-0.39, 0.29) is 24.2 Å². The predicted molar refractivity (Wildman–Crippen MR) is 77.4 cm³/mol. The molecule has 0 aromatic rings. The van der Waals surface area contributed by atoms with E-state index in [0.29, 0.717) is 19.1 Å². The normalized spacial score (nSPS) is 20.1. The number of nitrogens with two attached hydrogens (primary N) is 1. The van der Waals surface area contributed by atoms with E-state index in [1.807, 2.05) is 13.8 Å². The molecule has 1 heterocycles. The molecule has 114 valence electrons. The van der Waals surface area contributed by atoms with Crippen molar-refractivity contribution in [2.75, 3.05) is 33.0 Å². The quantitative estimate of drug-likeness (QED) is 0.654. The number of hydrogen-bond donors (Lipinski definition) is 2. The summed E-state index contributed by atoms with van der Waals surface area (Å²) in [5.41, 5.74) is 5.73. The Kier molecular flexibility index (Phi) is 10.2. The molecule has 1 unspecified atom stereocenters. The maximum absolute atomic E-state index is 11.5. The van der Waals surface area contributed by atoms with Gasteiger partial charge in [-0.15, -0.1) is 12.4 Å². The van der Waals surface area contributed by atoms with Crippen molar-refractivity contribution in [2.24, 2.45) is 17.6 Å². The molecule has 3 N–H and O–H groups in total. The molecule has 0 spiro atoms. The molecule has 1 aliphatic rings. The van der Waals surface area contributed by atoms with Crippen molar-refractivity contribution < 1.29 is 14.3 Å². The second-order valence-electron chi connectivity index (χ2n) is 5.22. The Hall–Kier alpha value is -0.360. The van der Waals surface area contributed by atoms with Crippen LogP contribution >= 0.6 is 12.4 Å². The lowest BCUT2D eigenvalue weighted by molar-refractivity contribution is -0.123. The van der Waals surface area contributed by atoms with Gasteiger partial charge in [0.15, 0.2) is 0 Å². The highest BCUT2D eigenvalue weighted by Gasteiger charge is 2.17. The molecule has 5 nitrogen and oxygen atoms in total. The van der Waals surface area contributed by atoms with E-state index >= 15 is 0 Å². The van der Waals surface area contributed by atoms with E-state index in [4.69, 9.17) is 15.2 Å². The third kappa shape index (κ3) is 7.72. The summed E-state index contributed by atoms with van der Waals surface area (Å²) in [4.78, 5) is 11.5. The number of halogens is 1. The van der Waals surface area contributed by atoms with Gasteiger partial charge in [-0.05, 0) is 18.8 Å². The van der Waals surface area contributed by atoms with Crippen molar-refractivity contribution in [2.45, 2.75) is 32.7 Å². The van der Waals surface area contributed by atoms with Crippen LogP contribution in [0.25, 0.3) is 0 Å². The van der Waals surface area contributed by atoms with Crippen molar-refractivity contribution in [3.8, 4) is 0 Å². The lowest BCUT2D eigenvalue weighted by Gasteiger charge is -2.15. The van der Waals surface area contributed by atoms with Crippen molar-refractivity contribution >= 4 is 18.3 Å². The Balaban J connectivity index is 0.00000324. The molecule has 1 saturated heterocycles. The summed E-state index contributed by atoms with van der Waals surface area (Å²) in [6.45, 7) is 7.62. The smallest absolute Gasteiger partial charge is 0.237 e. The second kappa shape index (κ2) is 10.4. The number of carbonyl (C=O) groups excluding carboxylic acids is 1. The van der Waals surface area contributed by atoms with Crippen LogP contribution in [0, 0.1) is 11.8 Å². The molecule has 0 aliphatic carbocycles. The number of rotatable bonds is 8. The van der Waals surface area contributed by atoms with Crippen LogP contribution in [0.4, 0.5) is 0 Å². The fourth-order valence-corrected chi connectivity index (χ4v) is 1.77. The van der Waals surface area contributed by atoms with E-state index < -0.39 is 6.04 Å². The van der Waals surface area contributed by atoms with Gasteiger partial charge in [0.05, 0.1) is 19.3 Å². The zero-order valence-corrected chi connectivity index (χ0v) is 12.7. The van der Waals surface area contributed by atoms with Crippen LogP contribution in [0.1, 0.15) is 26.7 Å². The second-order valence-corrected chi connectivity index (χ2v) is 5.22. The highest BCUT2D eigenvalue weighted by molar-refractivity contribution is 5.85. The van der Waals surface area contributed by atoms with E-state index in [9.17, 15) is 4.79 Å². The van der Waals surface area contributed by atoms with Crippen molar-refractivity contribution in [1.29, 1.82) is 0 Å². The van der Waals surface area contributed by atoms with Crippen LogP contribution in [0.5, 0.6) is 0 Å². The number of carbonyl (C=O) groups is 1. The molecule has 6 heteroatoms. The minimum atomic E-state index is -0.415. The van der Waals surface area contributed by atoms with Crippen LogP contribution in [0.3, 0.4) is 0 Å². The van der Waals surface area contributed by atoms with Crippen LogP contribution in [-0.4, -0.2) is 44.9 Å². The lowest BCUT2D eigenvalue weighted by Crippen LogP contribution is -2.44. The summed E-state index contributed by atoms with van der Waals surface area (Å²) in [5.74, 6) is 0.645. The molecule has 0 aromatic heterocycles. The average molecular weight is 295 g/mol. The molecule has 1 rings (SSSR count). The summed E-state index contributed by atoms with van der Waals surface area (Å²) in [6, 6.07) is -0.415. The minimum Gasteiger partial charge on any atom is -0.381 e. The minimum absolute atomic E-state index is 0. The molecule has 1 amide bonds. The van der Waals surface area contributed by atoms with Gasteiger partial charge in [-0.3, -0.25) is 4.79 Å². The third-order valence-corrected chi connectivity index (χ3v) is 3.16. The zero-order valence-electron chi connectivity index (χ0n) is 11.9. The van der Waals surface area contributed by atoms with Crippen LogP contribution in [0.2, 0.25) is 0 Å². The molecule has 0 aromatic carbocycles. The van der Waals surface area contributed by atoms with Gasteiger partial charge < -0.3 is 20.5 Å². The molecule has 0 saturated carbocycles. The molecule has 0 radical (unpaired) electrons. The van der Waals surface area contributed by atoms with Gasteiger partial charge in [0.25, 0.3) is 0 Å². The Morgan fingerprint density at radius 2 is 2.26 bits per heavy atom. The van der Waals surface area contributed by atoms with Gasteiger partial charge in [0, 0.05) is 25.7 Å². The lowest BCUT2D eigenvalue weighted by atomic mass is 10.1. The Morgan fingerprint density at radius 3 is 2.84 bits per heavy atom. The van der Waals surface area contributed by atoms with E-state index in [1.165, 1.54) is 0 Å². The van der Waals surface area contributed by atoms with Gasteiger partial charge >= 0.3 is 0 Å². The first-order valence-electron chi connectivity index (χ1n) is 6.80. The van der Waals surface area contributed by atoms with Gasteiger partial charge in [-0.25, -0.2) is 0 Å². The summed E-state index contributed by atoms with van der Waals surface area (Å²) >= 11 is 0. The van der Waals surface area contributed by atoms with Gasteiger partial charge in [0.1, 0.15) is 0 Å². The number of nitrogens with one attached hydrogen (secondary N) is 1. The summed E-state index contributed by atoms with van der Waals surface area (Å²) in [6.07, 6.45) is 1.92. The van der Waals surface area contributed by atoms with Gasteiger partial charge in [-0.2, -0.15) is 0 Å². The molecule has 0 bridgehead atoms. The molecule has 19 heavy (non-hydrogen) atoms. The molecular weight excluding hydrogens is 268 g/mol. The number of amides is 1. The maximum atomic E-state index is 11.5. The Labute approximate surface area is 122 Å². The van der Waals surface area contributed by atoms with Crippen molar-refractivity contribution in [3.63, 3.8) is 0 Å². The Bertz CT molecular complexity index is 246. The topological polar surface area (TPSA) is 73.6 Å². The van der Waals surface area contributed by atoms with E-state index in [0.717, 1.165) is 32.7 Å². The van der Waals surface area contributed by atoms with Crippen LogP contribution in [-0.2, 0) is 14.3 Å². The zero-order chi connectivity index (χ0) is 13.4. The van der Waals surface area contributed by atoms with Crippen molar-refractivity contribution in [3.05, 3.63) is 0 Å². The molecule has 1 aliphatic heterocycles. The fraction of sp³-hybridized carbons (Fsp3) is 0.923. The largest absolute Gasteiger partial charge is 0.381 e. The monoisotopic (exact) mass is 294 g/mol. The Morgan fingerprint density at radius 1 is 1.53 bits per heavy atom. The highest BCUT2D eigenvalue weighted by atomic mass is 35.5. The first-order chi connectivity index (χ1) is 8.61. The van der Waals surface area contributed by atoms with E-state index in [2.05, 4.69) is 5.32 Å². The maximum Gasteiger partial charge on any atom is 0.237 e. The predicted octanol–water partition coefficient (Wildman–Crippen LogP) is 0.951. The average Bonchev–Trinajstić information content (AvgIpc) is 2.85. The number of ether oxygens (including phenoxy) is 2. The first kappa shape index (κ1) is 18.6.